The Balaban J connectivity index is 1.94. The zero-order valence-electron chi connectivity index (χ0n) is 14.7. The summed E-state index contributed by atoms with van der Waals surface area (Å²) in [5.41, 5.74) is 2.29. The van der Waals surface area contributed by atoms with Crippen molar-refractivity contribution in [1.82, 2.24) is 4.90 Å². The molecule has 2 heteroatoms. The van der Waals surface area contributed by atoms with E-state index >= 15 is 0 Å². The molecule has 0 spiro atoms. The molecule has 4 rings (SSSR count). The third-order valence-corrected chi connectivity index (χ3v) is 5.52. The van der Waals surface area contributed by atoms with Crippen molar-refractivity contribution in [3.63, 3.8) is 0 Å². The fourth-order valence-corrected chi connectivity index (χ4v) is 4.23. The molecule has 25 heavy (non-hydrogen) atoms. The monoisotopic (exact) mass is 331 g/mol. The first-order chi connectivity index (χ1) is 12.3. The van der Waals surface area contributed by atoms with Crippen LogP contribution < -0.4 is 0 Å². The van der Waals surface area contributed by atoms with Crippen LogP contribution in [-0.2, 0) is 0 Å². The number of likely N-dealkylation sites (tertiary alicyclic amines) is 1. The smallest absolute Gasteiger partial charge is 0.121 e. The van der Waals surface area contributed by atoms with Crippen LogP contribution in [0.15, 0.2) is 66.7 Å². The van der Waals surface area contributed by atoms with Gasteiger partial charge in [-0.1, -0.05) is 67.1 Å². The quantitative estimate of drug-likeness (QED) is 0.684. The third-order valence-electron chi connectivity index (χ3n) is 5.52. The Morgan fingerprint density at radius 1 is 0.920 bits per heavy atom. The molecule has 1 aliphatic rings. The summed E-state index contributed by atoms with van der Waals surface area (Å²) >= 11 is 0. The van der Waals surface area contributed by atoms with Gasteiger partial charge >= 0.3 is 0 Å². The van der Waals surface area contributed by atoms with Gasteiger partial charge in [-0.2, -0.15) is 0 Å². The first kappa shape index (κ1) is 16.2. The highest BCUT2D eigenvalue weighted by Crippen LogP contribution is 2.41. The van der Waals surface area contributed by atoms with Gasteiger partial charge in [0.25, 0.3) is 0 Å². The van der Waals surface area contributed by atoms with Crippen molar-refractivity contribution in [3.8, 4) is 5.75 Å². The molecule has 0 aliphatic carbocycles. The Kier molecular flexibility index (Phi) is 4.46. The summed E-state index contributed by atoms with van der Waals surface area (Å²) in [6.07, 6.45) is 3.73. The molecule has 0 unspecified atom stereocenters. The van der Waals surface area contributed by atoms with E-state index in [0.29, 0.717) is 11.8 Å². The maximum absolute atomic E-state index is 10.8. The number of fused-ring (bicyclic) bond motifs is 1. The molecule has 0 saturated carbocycles. The minimum absolute atomic E-state index is 0.0857. The maximum Gasteiger partial charge on any atom is 0.121 e. The Bertz CT molecular complexity index is 858. The van der Waals surface area contributed by atoms with E-state index < -0.39 is 0 Å². The topological polar surface area (TPSA) is 23.5 Å². The number of nitrogens with zero attached hydrogens (tertiary/aromatic N) is 1. The van der Waals surface area contributed by atoms with Gasteiger partial charge in [-0.15, -0.1) is 0 Å². The largest absolute Gasteiger partial charge is 0.508 e. The minimum Gasteiger partial charge on any atom is -0.508 e. The van der Waals surface area contributed by atoms with Gasteiger partial charge in [0.05, 0.1) is 6.04 Å². The predicted octanol–water partition coefficient (Wildman–Crippen LogP) is 5.51. The van der Waals surface area contributed by atoms with Crippen molar-refractivity contribution >= 4 is 10.8 Å². The van der Waals surface area contributed by atoms with Crippen LogP contribution in [0.1, 0.15) is 43.4 Å². The molecule has 1 aliphatic heterocycles. The average molecular weight is 331 g/mol. The molecule has 0 amide bonds. The Morgan fingerprint density at radius 3 is 2.48 bits per heavy atom. The van der Waals surface area contributed by atoms with Crippen LogP contribution in [0.5, 0.6) is 5.75 Å². The Hall–Kier alpha value is -2.32. The number of piperidine rings is 1. The number of benzene rings is 3. The van der Waals surface area contributed by atoms with E-state index in [2.05, 4.69) is 66.4 Å². The summed E-state index contributed by atoms with van der Waals surface area (Å²) in [7, 11) is 0. The summed E-state index contributed by atoms with van der Waals surface area (Å²) in [4.78, 5) is 2.57. The lowest BCUT2D eigenvalue weighted by atomic mass is 9.89. The molecule has 0 aromatic heterocycles. The molecule has 128 valence electrons. The van der Waals surface area contributed by atoms with Gasteiger partial charge < -0.3 is 5.11 Å². The van der Waals surface area contributed by atoms with Gasteiger partial charge in [0, 0.05) is 11.6 Å². The van der Waals surface area contributed by atoms with Crippen molar-refractivity contribution in [2.45, 2.75) is 38.3 Å². The number of phenolic OH excluding ortho intramolecular Hbond substituents is 1. The highest BCUT2D eigenvalue weighted by molar-refractivity contribution is 5.88. The molecule has 1 heterocycles. The highest BCUT2D eigenvalue weighted by atomic mass is 16.3. The fourth-order valence-electron chi connectivity index (χ4n) is 4.23. The average Bonchev–Trinajstić information content (AvgIpc) is 2.66. The van der Waals surface area contributed by atoms with Gasteiger partial charge in [-0.3, -0.25) is 4.90 Å². The fraction of sp³-hybridized carbons (Fsp3) is 0.304. The van der Waals surface area contributed by atoms with Crippen molar-refractivity contribution in [2.24, 2.45) is 0 Å². The van der Waals surface area contributed by atoms with E-state index in [1.165, 1.54) is 30.2 Å². The summed E-state index contributed by atoms with van der Waals surface area (Å²) in [5, 5.41) is 13.2. The molecule has 3 aromatic rings. The number of hydrogen-bond acceptors (Lipinski definition) is 2. The lowest BCUT2D eigenvalue weighted by Gasteiger charge is -2.40. The second kappa shape index (κ2) is 6.89. The minimum atomic E-state index is 0.0857. The van der Waals surface area contributed by atoms with E-state index in [1.54, 1.807) is 0 Å². The van der Waals surface area contributed by atoms with Crippen molar-refractivity contribution < 1.29 is 5.11 Å². The Labute approximate surface area is 149 Å². The van der Waals surface area contributed by atoms with Gasteiger partial charge in [-0.05, 0) is 48.7 Å². The van der Waals surface area contributed by atoms with E-state index in [0.717, 1.165) is 17.5 Å². The van der Waals surface area contributed by atoms with Gasteiger partial charge in [0.15, 0.2) is 0 Å². The maximum atomic E-state index is 10.8. The number of rotatable bonds is 3. The standard InChI is InChI=1S/C23H25NO/c1-17-9-7-8-16-24(17)23(19-11-3-2-4-12-19)22-20-13-6-5-10-18(20)14-15-21(22)25/h2-6,10-15,17,23,25H,7-9,16H2,1H3/t17-,23+/m0/s1. The highest BCUT2D eigenvalue weighted by Gasteiger charge is 2.31. The van der Waals surface area contributed by atoms with Crippen LogP contribution in [0.25, 0.3) is 10.8 Å². The normalized spacial score (nSPS) is 19.8. The molecular weight excluding hydrogens is 306 g/mol. The zero-order chi connectivity index (χ0) is 17.2. The second-order valence-corrected chi connectivity index (χ2v) is 7.12. The first-order valence-electron chi connectivity index (χ1n) is 9.27. The van der Waals surface area contributed by atoms with Crippen LogP contribution in [0.2, 0.25) is 0 Å². The molecule has 0 radical (unpaired) electrons. The van der Waals surface area contributed by atoms with Gasteiger partial charge in [0.2, 0.25) is 0 Å². The molecule has 1 saturated heterocycles. The van der Waals surface area contributed by atoms with E-state index in [9.17, 15) is 5.11 Å². The summed E-state index contributed by atoms with van der Waals surface area (Å²) in [6, 6.07) is 23.5. The molecule has 2 atom stereocenters. The number of hydrogen-bond donors (Lipinski definition) is 1. The van der Waals surface area contributed by atoms with Crippen molar-refractivity contribution in [2.75, 3.05) is 6.54 Å². The van der Waals surface area contributed by atoms with E-state index in [1.807, 2.05) is 12.1 Å². The number of aromatic hydroxyl groups is 1. The lowest BCUT2D eigenvalue weighted by molar-refractivity contribution is 0.124. The molecule has 0 bridgehead atoms. The van der Waals surface area contributed by atoms with Crippen LogP contribution in [0.4, 0.5) is 0 Å². The molecular formula is C23H25NO. The predicted molar refractivity (Wildman–Crippen MR) is 104 cm³/mol. The van der Waals surface area contributed by atoms with Crippen molar-refractivity contribution in [3.05, 3.63) is 77.9 Å². The van der Waals surface area contributed by atoms with E-state index in [-0.39, 0.29) is 6.04 Å². The summed E-state index contributed by atoms with van der Waals surface area (Å²) in [6.45, 7) is 3.39. The molecule has 1 N–H and O–H groups in total. The molecule has 1 fully saturated rings. The molecule has 3 aromatic carbocycles. The van der Waals surface area contributed by atoms with Crippen LogP contribution in [0, 0.1) is 0 Å². The Morgan fingerprint density at radius 2 is 1.68 bits per heavy atom. The molecule has 2 nitrogen and oxygen atoms in total. The van der Waals surface area contributed by atoms with E-state index in [4.69, 9.17) is 0 Å². The third kappa shape index (κ3) is 3.03. The van der Waals surface area contributed by atoms with Crippen LogP contribution in [-0.4, -0.2) is 22.6 Å². The number of phenols is 1. The summed E-state index contributed by atoms with van der Waals surface area (Å²) in [5.74, 6) is 0.394. The zero-order valence-corrected chi connectivity index (χ0v) is 14.7. The second-order valence-electron chi connectivity index (χ2n) is 7.12. The van der Waals surface area contributed by atoms with Crippen molar-refractivity contribution in [1.29, 1.82) is 0 Å². The first-order valence-corrected chi connectivity index (χ1v) is 9.27. The van der Waals surface area contributed by atoms with Crippen LogP contribution in [0.3, 0.4) is 0 Å². The van der Waals surface area contributed by atoms with Gasteiger partial charge in [-0.25, -0.2) is 0 Å². The van der Waals surface area contributed by atoms with Gasteiger partial charge in [0.1, 0.15) is 5.75 Å². The van der Waals surface area contributed by atoms with Crippen LogP contribution >= 0.6 is 0 Å². The lowest BCUT2D eigenvalue weighted by Crippen LogP contribution is -2.40. The summed E-state index contributed by atoms with van der Waals surface area (Å²) < 4.78 is 0. The SMILES string of the molecule is C[C@H]1CCCCN1[C@H](c1ccccc1)c1c(O)ccc2ccccc12.